The lowest BCUT2D eigenvalue weighted by Gasteiger charge is -2.06. The third kappa shape index (κ3) is 3.11. The van der Waals surface area contributed by atoms with E-state index in [1.54, 1.807) is 6.07 Å². The average molecular weight is 256 g/mol. The summed E-state index contributed by atoms with van der Waals surface area (Å²) in [5, 5.41) is 6.13. The molecule has 0 aliphatic heterocycles. The molecule has 2 aromatic rings. The van der Waals surface area contributed by atoms with E-state index in [2.05, 4.69) is 20.3 Å². The molecule has 0 bridgehead atoms. The van der Waals surface area contributed by atoms with Gasteiger partial charge in [-0.1, -0.05) is 0 Å². The van der Waals surface area contributed by atoms with Crippen LogP contribution in [0.25, 0.3) is 10.4 Å². The number of hydrogen-bond acceptors (Lipinski definition) is 3. The van der Waals surface area contributed by atoms with Gasteiger partial charge in [0.25, 0.3) is 5.91 Å². The van der Waals surface area contributed by atoms with Crippen LogP contribution >= 0.6 is 0 Å². The summed E-state index contributed by atoms with van der Waals surface area (Å²) in [4.78, 5) is 18.3. The van der Waals surface area contributed by atoms with Crippen molar-refractivity contribution in [3.63, 3.8) is 0 Å². The first-order chi connectivity index (χ1) is 9.20. The van der Waals surface area contributed by atoms with Crippen molar-refractivity contribution in [1.29, 1.82) is 0 Å². The van der Waals surface area contributed by atoms with Gasteiger partial charge in [0.2, 0.25) is 0 Å². The fourth-order valence-corrected chi connectivity index (χ4v) is 1.58. The third-order valence-corrected chi connectivity index (χ3v) is 2.64. The molecule has 0 atom stereocenters. The van der Waals surface area contributed by atoms with Crippen molar-refractivity contribution >= 4 is 11.7 Å². The lowest BCUT2D eigenvalue weighted by molar-refractivity contribution is 0.0950. The van der Waals surface area contributed by atoms with Gasteiger partial charge >= 0.3 is 0 Å². The van der Waals surface area contributed by atoms with Gasteiger partial charge in [-0.2, -0.15) is 0 Å². The Hall–Kier alpha value is -2.79. The molecule has 0 saturated carbocycles. The Morgan fingerprint density at radius 2 is 2.37 bits per heavy atom. The number of carbonyl (C=O) groups excluding carboxylic acids is 1. The average Bonchev–Trinajstić information content (AvgIpc) is 2.83. The summed E-state index contributed by atoms with van der Waals surface area (Å²) in [7, 11) is 1.91. The maximum atomic E-state index is 11.9. The van der Waals surface area contributed by atoms with E-state index >= 15 is 0 Å². The topological polar surface area (TPSA) is 95.7 Å². The summed E-state index contributed by atoms with van der Waals surface area (Å²) < 4.78 is 1.93. The van der Waals surface area contributed by atoms with Crippen LogP contribution in [-0.4, -0.2) is 15.5 Å². The Morgan fingerprint density at radius 3 is 2.95 bits per heavy atom. The molecule has 1 amide bonds. The van der Waals surface area contributed by atoms with E-state index in [1.165, 1.54) is 12.3 Å². The van der Waals surface area contributed by atoms with Crippen molar-refractivity contribution in [3.8, 4) is 0 Å². The minimum absolute atomic E-state index is 0.221. The zero-order chi connectivity index (χ0) is 13.7. The van der Waals surface area contributed by atoms with Crippen molar-refractivity contribution in [1.82, 2.24) is 14.9 Å². The number of aromatic nitrogens is 2. The molecule has 0 radical (unpaired) electrons. The molecule has 7 nitrogen and oxygen atoms in total. The number of carbonyl (C=O) groups is 1. The van der Waals surface area contributed by atoms with Crippen LogP contribution in [-0.2, 0) is 13.6 Å². The second-order valence-electron chi connectivity index (χ2n) is 3.89. The SMILES string of the molecule is Cn1cccc1CNC(=O)c1ccc(N=[N+]=[N-])nc1. The van der Waals surface area contributed by atoms with Crippen LogP contribution in [0, 0.1) is 0 Å². The largest absolute Gasteiger partial charge is 0.353 e. The van der Waals surface area contributed by atoms with Crippen molar-refractivity contribution in [2.45, 2.75) is 6.54 Å². The van der Waals surface area contributed by atoms with Crippen LogP contribution in [0.2, 0.25) is 0 Å². The highest BCUT2D eigenvalue weighted by atomic mass is 16.1. The van der Waals surface area contributed by atoms with Crippen LogP contribution in [0.3, 0.4) is 0 Å². The highest BCUT2D eigenvalue weighted by Crippen LogP contribution is 2.08. The number of hydrogen-bond donors (Lipinski definition) is 1. The van der Waals surface area contributed by atoms with Crippen molar-refractivity contribution < 1.29 is 4.79 Å². The van der Waals surface area contributed by atoms with E-state index in [4.69, 9.17) is 5.53 Å². The Kier molecular flexibility index (Phi) is 3.80. The third-order valence-electron chi connectivity index (χ3n) is 2.64. The highest BCUT2D eigenvalue weighted by Gasteiger charge is 2.06. The van der Waals surface area contributed by atoms with Crippen molar-refractivity contribution in [2.24, 2.45) is 12.2 Å². The quantitative estimate of drug-likeness (QED) is 0.516. The lowest BCUT2D eigenvalue weighted by Crippen LogP contribution is -2.23. The van der Waals surface area contributed by atoms with E-state index in [0.29, 0.717) is 12.1 Å². The molecule has 0 unspecified atom stereocenters. The summed E-state index contributed by atoms with van der Waals surface area (Å²) >= 11 is 0. The van der Waals surface area contributed by atoms with Gasteiger partial charge < -0.3 is 9.88 Å². The normalized spacial score (nSPS) is 9.74. The molecule has 0 fully saturated rings. The molecular formula is C12H12N6O. The molecule has 19 heavy (non-hydrogen) atoms. The van der Waals surface area contributed by atoms with Gasteiger partial charge in [0.15, 0.2) is 0 Å². The summed E-state index contributed by atoms with van der Waals surface area (Å²) in [5.41, 5.74) is 9.68. The molecule has 2 aromatic heterocycles. The summed E-state index contributed by atoms with van der Waals surface area (Å²) in [6.07, 6.45) is 3.29. The minimum Gasteiger partial charge on any atom is -0.353 e. The summed E-state index contributed by atoms with van der Waals surface area (Å²) in [5.74, 6) is 0.0164. The van der Waals surface area contributed by atoms with Gasteiger partial charge in [-0.05, 0) is 34.9 Å². The molecule has 96 valence electrons. The van der Waals surface area contributed by atoms with Crippen LogP contribution in [0.1, 0.15) is 16.1 Å². The number of aryl methyl sites for hydroxylation is 1. The Labute approximate surface area is 109 Å². The van der Waals surface area contributed by atoms with Crippen LogP contribution in [0.5, 0.6) is 0 Å². The number of nitrogens with one attached hydrogen (secondary N) is 1. The number of pyridine rings is 1. The Balaban J connectivity index is 2.00. The predicted octanol–water partition coefficient (Wildman–Crippen LogP) is 2.29. The maximum absolute atomic E-state index is 11.9. The molecule has 0 spiro atoms. The van der Waals surface area contributed by atoms with Gasteiger partial charge in [0.1, 0.15) is 5.82 Å². The fourth-order valence-electron chi connectivity index (χ4n) is 1.58. The lowest BCUT2D eigenvalue weighted by atomic mass is 10.2. The standard InChI is InChI=1S/C12H12N6O/c1-18-6-2-3-10(18)8-15-12(19)9-4-5-11(14-7-9)16-17-13/h2-7H,8H2,1H3,(H,15,19). The number of nitrogens with zero attached hydrogens (tertiary/aromatic N) is 5. The zero-order valence-corrected chi connectivity index (χ0v) is 10.3. The minimum atomic E-state index is -0.221. The second-order valence-corrected chi connectivity index (χ2v) is 3.89. The maximum Gasteiger partial charge on any atom is 0.253 e. The molecule has 2 heterocycles. The predicted molar refractivity (Wildman–Crippen MR) is 69.6 cm³/mol. The number of azide groups is 1. The van der Waals surface area contributed by atoms with Crippen LogP contribution in [0.15, 0.2) is 41.8 Å². The first kappa shape index (κ1) is 12.7. The van der Waals surface area contributed by atoms with Gasteiger partial charge in [0, 0.05) is 30.0 Å². The summed E-state index contributed by atoms with van der Waals surface area (Å²) in [6.45, 7) is 0.445. The smallest absolute Gasteiger partial charge is 0.253 e. The Morgan fingerprint density at radius 1 is 1.53 bits per heavy atom. The molecule has 1 N–H and O–H groups in total. The first-order valence-corrected chi connectivity index (χ1v) is 5.60. The monoisotopic (exact) mass is 256 g/mol. The second kappa shape index (κ2) is 5.70. The molecule has 0 aliphatic rings. The highest BCUT2D eigenvalue weighted by molar-refractivity contribution is 5.93. The van der Waals surface area contributed by atoms with Crippen molar-refractivity contribution in [2.75, 3.05) is 0 Å². The van der Waals surface area contributed by atoms with E-state index in [-0.39, 0.29) is 11.7 Å². The molecule has 0 aromatic carbocycles. The number of rotatable bonds is 4. The number of amides is 1. The van der Waals surface area contributed by atoms with Gasteiger partial charge in [0.05, 0.1) is 12.1 Å². The molecule has 7 heteroatoms. The molecule has 0 aliphatic carbocycles. The van der Waals surface area contributed by atoms with E-state index in [0.717, 1.165) is 5.69 Å². The Bertz CT molecular complexity index is 624. The van der Waals surface area contributed by atoms with Gasteiger partial charge in [-0.15, -0.1) is 0 Å². The van der Waals surface area contributed by atoms with E-state index < -0.39 is 0 Å². The van der Waals surface area contributed by atoms with Crippen LogP contribution < -0.4 is 5.32 Å². The van der Waals surface area contributed by atoms with Gasteiger partial charge in [-0.3, -0.25) is 9.78 Å². The van der Waals surface area contributed by atoms with E-state index in [1.807, 2.05) is 29.9 Å². The zero-order valence-electron chi connectivity index (χ0n) is 10.3. The first-order valence-electron chi connectivity index (χ1n) is 5.60. The molecule has 2 rings (SSSR count). The van der Waals surface area contributed by atoms with Crippen molar-refractivity contribution in [3.05, 3.63) is 58.4 Å². The van der Waals surface area contributed by atoms with E-state index in [9.17, 15) is 4.79 Å². The fraction of sp³-hybridized carbons (Fsp3) is 0.167. The molecule has 0 saturated heterocycles. The van der Waals surface area contributed by atoms with Gasteiger partial charge in [-0.25, -0.2) is 0 Å². The van der Waals surface area contributed by atoms with Crippen LogP contribution in [0.4, 0.5) is 5.82 Å². The molecular weight excluding hydrogens is 244 g/mol. The summed E-state index contributed by atoms with van der Waals surface area (Å²) in [6, 6.07) is 6.91.